The van der Waals surface area contributed by atoms with E-state index in [1.807, 2.05) is 31.2 Å². The summed E-state index contributed by atoms with van der Waals surface area (Å²) in [5, 5.41) is 0. The standard InChI is InChI=1S/C14H17BrN2O2S2/c1-10-3-5-11(6-4-10)9-17(2)21(18,19)13-7-12(8-16)20-14(13)15/h3-7H,8-9,16H2,1-2H3. The van der Waals surface area contributed by atoms with Crippen LogP contribution in [0.4, 0.5) is 0 Å². The summed E-state index contributed by atoms with van der Waals surface area (Å²) in [5.74, 6) is 0. The van der Waals surface area contributed by atoms with Crippen molar-refractivity contribution in [1.29, 1.82) is 0 Å². The molecule has 0 atom stereocenters. The molecule has 2 rings (SSSR count). The number of benzene rings is 1. The summed E-state index contributed by atoms with van der Waals surface area (Å²) in [6, 6.07) is 9.46. The van der Waals surface area contributed by atoms with Crippen LogP contribution >= 0.6 is 27.3 Å². The quantitative estimate of drug-likeness (QED) is 0.855. The number of hydrogen-bond donors (Lipinski definition) is 1. The van der Waals surface area contributed by atoms with Crippen LogP contribution in [0.15, 0.2) is 39.0 Å². The van der Waals surface area contributed by atoms with Crippen LogP contribution in [0.25, 0.3) is 0 Å². The lowest BCUT2D eigenvalue weighted by atomic mass is 10.1. The van der Waals surface area contributed by atoms with Crippen molar-refractivity contribution >= 4 is 37.3 Å². The lowest BCUT2D eigenvalue weighted by Gasteiger charge is -2.17. The first-order chi connectivity index (χ1) is 9.84. The van der Waals surface area contributed by atoms with E-state index < -0.39 is 10.0 Å². The monoisotopic (exact) mass is 388 g/mol. The van der Waals surface area contributed by atoms with E-state index in [2.05, 4.69) is 15.9 Å². The summed E-state index contributed by atoms with van der Waals surface area (Å²) in [7, 11) is -1.94. The van der Waals surface area contributed by atoms with Crippen LogP contribution < -0.4 is 5.73 Å². The van der Waals surface area contributed by atoms with Crippen LogP contribution in [0.1, 0.15) is 16.0 Å². The third-order valence-corrected chi connectivity index (χ3v) is 7.20. The lowest BCUT2D eigenvalue weighted by Crippen LogP contribution is -2.26. The maximum absolute atomic E-state index is 12.6. The second-order valence-electron chi connectivity index (χ2n) is 4.80. The average Bonchev–Trinajstić information content (AvgIpc) is 2.83. The molecule has 7 heteroatoms. The molecule has 0 unspecified atom stereocenters. The Morgan fingerprint density at radius 1 is 1.29 bits per heavy atom. The Hall–Kier alpha value is -0.730. The number of nitrogens with zero attached hydrogens (tertiary/aromatic N) is 1. The van der Waals surface area contributed by atoms with Crippen LogP contribution in [0.3, 0.4) is 0 Å². The second-order valence-corrected chi connectivity index (χ2v) is 9.27. The maximum Gasteiger partial charge on any atom is 0.245 e. The number of sulfonamides is 1. The van der Waals surface area contributed by atoms with E-state index in [1.54, 1.807) is 13.1 Å². The highest BCUT2D eigenvalue weighted by molar-refractivity contribution is 9.11. The highest BCUT2D eigenvalue weighted by Gasteiger charge is 2.25. The van der Waals surface area contributed by atoms with Crippen molar-refractivity contribution in [3.63, 3.8) is 0 Å². The molecule has 2 N–H and O–H groups in total. The molecule has 0 saturated carbocycles. The van der Waals surface area contributed by atoms with Gasteiger partial charge in [-0.25, -0.2) is 8.42 Å². The largest absolute Gasteiger partial charge is 0.326 e. The SMILES string of the molecule is Cc1ccc(CN(C)S(=O)(=O)c2cc(CN)sc2Br)cc1. The Labute approximate surface area is 137 Å². The number of nitrogens with two attached hydrogens (primary N) is 1. The molecule has 2 aromatic rings. The highest BCUT2D eigenvalue weighted by atomic mass is 79.9. The molecule has 0 saturated heterocycles. The summed E-state index contributed by atoms with van der Waals surface area (Å²) in [6.07, 6.45) is 0. The zero-order valence-corrected chi connectivity index (χ0v) is 15.1. The fraction of sp³-hybridized carbons (Fsp3) is 0.286. The molecule has 0 bridgehead atoms. The Morgan fingerprint density at radius 2 is 1.90 bits per heavy atom. The Bertz CT molecular complexity index is 724. The van der Waals surface area contributed by atoms with E-state index in [4.69, 9.17) is 5.73 Å². The summed E-state index contributed by atoms with van der Waals surface area (Å²) in [4.78, 5) is 1.12. The summed E-state index contributed by atoms with van der Waals surface area (Å²) >= 11 is 4.67. The summed E-state index contributed by atoms with van der Waals surface area (Å²) < 4.78 is 27.2. The minimum Gasteiger partial charge on any atom is -0.326 e. The van der Waals surface area contributed by atoms with Crippen molar-refractivity contribution in [2.24, 2.45) is 5.73 Å². The van der Waals surface area contributed by atoms with Gasteiger partial charge in [0.15, 0.2) is 0 Å². The maximum atomic E-state index is 12.6. The van der Waals surface area contributed by atoms with E-state index >= 15 is 0 Å². The smallest absolute Gasteiger partial charge is 0.245 e. The van der Waals surface area contributed by atoms with Gasteiger partial charge in [0.1, 0.15) is 4.90 Å². The topological polar surface area (TPSA) is 63.4 Å². The van der Waals surface area contributed by atoms with E-state index in [0.717, 1.165) is 16.0 Å². The minimum atomic E-state index is -3.53. The first kappa shape index (κ1) is 16.6. The molecule has 1 heterocycles. The molecular weight excluding hydrogens is 372 g/mol. The van der Waals surface area contributed by atoms with Gasteiger partial charge in [-0.2, -0.15) is 4.31 Å². The van der Waals surface area contributed by atoms with Crippen LogP contribution in [0, 0.1) is 6.92 Å². The summed E-state index contributed by atoms with van der Waals surface area (Å²) in [6.45, 7) is 2.67. The third kappa shape index (κ3) is 3.73. The molecule has 4 nitrogen and oxygen atoms in total. The first-order valence-corrected chi connectivity index (χ1v) is 9.39. The molecule has 21 heavy (non-hydrogen) atoms. The molecule has 114 valence electrons. The fourth-order valence-electron chi connectivity index (χ4n) is 1.88. The number of aryl methyl sites for hydroxylation is 1. The van der Waals surface area contributed by atoms with Gasteiger partial charge >= 0.3 is 0 Å². The number of halogens is 1. The molecule has 0 spiro atoms. The van der Waals surface area contributed by atoms with Crippen molar-refractivity contribution < 1.29 is 8.42 Å². The van der Waals surface area contributed by atoms with Crippen molar-refractivity contribution in [2.45, 2.75) is 24.9 Å². The zero-order chi connectivity index (χ0) is 15.6. The van der Waals surface area contributed by atoms with Gasteiger partial charge in [-0.15, -0.1) is 11.3 Å². The van der Waals surface area contributed by atoms with Gasteiger partial charge in [0.05, 0.1) is 3.79 Å². The third-order valence-electron chi connectivity index (χ3n) is 3.12. The van der Waals surface area contributed by atoms with Crippen molar-refractivity contribution in [1.82, 2.24) is 4.31 Å². The molecule has 0 radical (unpaired) electrons. The van der Waals surface area contributed by atoms with Gasteiger partial charge < -0.3 is 5.73 Å². The molecule has 0 aliphatic heterocycles. The molecule has 1 aromatic heterocycles. The Kier molecular flexibility index (Phi) is 5.21. The summed E-state index contributed by atoms with van der Waals surface area (Å²) in [5.41, 5.74) is 7.68. The van der Waals surface area contributed by atoms with Gasteiger partial charge in [0.25, 0.3) is 0 Å². The van der Waals surface area contributed by atoms with E-state index in [0.29, 0.717) is 16.9 Å². The van der Waals surface area contributed by atoms with Gasteiger partial charge in [0.2, 0.25) is 10.0 Å². The van der Waals surface area contributed by atoms with Crippen LogP contribution in [-0.2, 0) is 23.1 Å². The van der Waals surface area contributed by atoms with Crippen LogP contribution in [0.2, 0.25) is 0 Å². The van der Waals surface area contributed by atoms with E-state index in [9.17, 15) is 8.42 Å². The minimum absolute atomic E-state index is 0.280. The van der Waals surface area contributed by atoms with Crippen LogP contribution in [0.5, 0.6) is 0 Å². The van der Waals surface area contributed by atoms with E-state index in [1.165, 1.54) is 15.6 Å². The number of thiophene rings is 1. The molecule has 0 aliphatic carbocycles. The lowest BCUT2D eigenvalue weighted by molar-refractivity contribution is 0.466. The van der Waals surface area contributed by atoms with Crippen molar-refractivity contribution in [3.05, 3.63) is 50.1 Å². The first-order valence-electron chi connectivity index (χ1n) is 6.34. The van der Waals surface area contributed by atoms with Crippen LogP contribution in [-0.4, -0.2) is 19.8 Å². The average molecular weight is 389 g/mol. The van der Waals surface area contributed by atoms with Crippen molar-refractivity contribution in [3.8, 4) is 0 Å². The Balaban J connectivity index is 2.25. The van der Waals surface area contributed by atoms with Gasteiger partial charge in [-0.05, 0) is 34.5 Å². The highest BCUT2D eigenvalue weighted by Crippen LogP contribution is 2.33. The molecular formula is C14H17BrN2O2S2. The molecule has 0 amide bonds. The number of hydrogen-bond acceptors (Lipinski definition) is 4. The number of rotatable bonds is 5. The van der Waals surface area contributed by atoms with Gasteiger partial charge in [-0.1, -0.05) is 29.8 Å². The van der Waals surface area contributed by atoms with Gasteiger partial charge in [0, 0.05) is 25.0 Å². The fourth-order valence-corrected chi connectivity index (χ4v) is 5.54. The predicted octanol–water partition coefficient (Wildman–Crippen LogP) is 3.10. The van der Waals surface area contributed by atoms with E-state index in [-0.39, 0.29) is 4.90 Å². The van der Waals surface area contributed by atoms with Gasteiger partial charge in [-0.3, -0.25) is 0 Å². The van der Waals surface area contributed by atoms with Crippen molar-refractivity contribution in [2.75, 3.05) is 7.05 Å². The Morgan fingerprint density at radius 3 is 2.43 bits per heavy atom. The second kappa shape index (κ2) is 6.58. The normalized spacial score (nSPS) is 12.0. The predicted molar refractivity (Wildman–Crippen MR) is 89.7 cm³/mol. The molecule has 0 fully saturated rings. The zero-order valence-electron chi connectivity index (χ0n) is 11.8. The molecule has 0 aliphatic rings. The molecule has 1 aromatic carbocycles.